The van der Waals surface area contributed by atoms with Crippen molar-refractivity contribution < 1.29 is 14.3 Å². The zero-order valence-corrected chi connectivity index (χ0v) is 12.5. The van der Waals surface area contributed by atoms with Gasteiger partial charge in [0, 0.05) is 19.6 Å². The van der Waals surface area contributed by atoms with E-state index in [1.807, 2.05) is 18.2 Å². The van der Waals surface area contributed by atoms with Crippen molar-refractivity contribution in [3.63, 3.8) is 0 Å². The first-order chi connectivity index (χ1) is 9.48. The van der Waals surface area contributed by atoms with Crippen molar-refractivity contribution in [2.24, 2.45) is 0 Å². The molecule has 110 valence electrons. The van der Waals surface area contributed by atoms with Crippen LogP contribution in [0, 0.1) is 0 Å². The summed E-state index contributed by atoms with van der Waals surface area (Å²) in [6, 6.07) is 7.39. The minimum absolute atomic E-state index is 0.0353. The molecule has 1 aliphatic heterocycles. The second-order valence-electron chi connectivity index (χ2n) is 5.79. The molecular formula is C16H23NO3. The van der Waals surface area contributed by atoms with Crippen LogP contribution in [0.1, 0.15) is 31.1 Å². The van der Waals surface area contributed by atoms with Gasteiger partial charge in [0.2, 0.25) is 0 Å². The number of hydrogen-bond acceptors (Lipinski definition) is 4. The third-order valence-electron chi connectivity index (χ3n) is 3.44. The third kappa shape index (κ3) is 4.05. The Balaban J connectivity index is 1.86. The van der Waals surface area contributed by atoms with E-state index in [-0.39, 0.29) is 11.4 Å². The molecular weight excluding hydrogens is 254 g/mol. The number of nitrogens with zero attached hydrogens (tertiary/aromatic N) is 1. The van der Waals surface area contributed by atoms with Crippen molar-refractivity contribution in [3.8, 4) is 5.75 Å². The quantitative estimate of drug-likeness (QED) is 0.775. The normalized spacial score (nSPS) is 18.8. The van der Waals surface area contributed by atoms with Gasteiger partial charge in [-0.2, -0.15) is 0 Å². The topological polar surface area (TPSA) is 38.8 Å². The molecule has 1 heterocycles. The zero-order valence-electron chi connectivity index (χ0n) is 12.5. The molecule has 2 rings (SSSR count). The van der Waals surface area contributed by atoms with Gasteiger partial charge in [0.1, 0.15) is 12.4 Å². The molecule has 1 aromatic rings. The van der Waals surface area contributed by atoms with E-state index in [2.05, 4.69) is 18.7 Å². The van der Waals surface area contributed by atoms with Gasteiger partial charge in [-0.3, -0.25) is 9.69 Å². The standard InChI is InChI=1S/C16H23NO3/c1-13(18)14-6-4-5-7-15(14)19-10-8-17-9-11-20-16(2,3)12-17/h4-7H,8-12H2,1-3H3. The van der Waals surface area contributed by atoms with E-state index < -0.39 is 0 Å². The van der Waals surface area contributed by atoms with E-state index in [1.165, 1.54) is 0 Å². The number of para-hydroxylation sites is 1. The van der Waals surface area contributed by atoms with Crippen molar-refractivity contribution >= 4 is 5.78 Å². The predicted octanol–water partition coefficient (Wildman–Crippen LogP) is 2.38. The Kier molecular flexibility index (Phi) is 4.78. The van der Waals surface area contributed by atoms with Crippen LogP contribution in [0.15, 0.2) is 24.3 Å². The number of ketones is 1. The van der Waals surface area contributed by atoms with Crippen LogP contribution in [0.2, 0.25) is 0 Å². The summed E-state index contributed by atoms with van der Waals surface area (Å²) >= 11 is 0. The van der Waals surface area contributed by atoms with Gasteiger partial charge < -0.3 is 9.47 Å². The number of carbonyl (C=O) groups excluding carboxylic acids is 1. The second-order valence-corrected chi connectivity index (χ2v) is 5.79. The first kappa shape index (κ1) is 15.0. The summed E-state index contributed by atoms with van der Waals surface area (Å²) in [4.78, 5) is 13.8. The van der Waals surface area contributed by atoms with Gasteiger partial charge in [-0.25, -0.2) is 0 Å². The first-order valence-electron chi connectivity index (χ1n) is 7.07. The molecule has 0 spiro atoms. The molecule has 1 fully saturated rings. The Morgan fingerprint density at radius 2 is 2.15 bits per heavy atom. The molecule has 0 aromatic heterocycles. The van der Waals surface area contributed by atoms with Crippen LogP contribution < -0.4 is 4.74 Å². The molecule has 0 atom stereocenters. The van der Waals surface area contributed by atoms with Gasteiger partial charge in [-0.05, 0) is 32.9 Å². The van der Waals surface area contributed by atoms with Crippen LogP contribution in [-0.4, -0.2) is 49.1 Å². The van der Waals surface area contributed by atoms with E-state index in [0.29, 0.717) is 17.9 Å². The molecule has 20 heavy (non-hydrogen) atoms. The maximum Gasteiger partial charge on any atom is 0.163 e. The van der Waals surface area contributed by atoms with Crippen LogP contribution in [0.4, 0.5) is 0 Å². The summed E-state index contributed by atoms with van der Waals surface area (Å²) in [6.45, 7) is 9.80. The molecule has 4 nitrogen and oxygen atoms in total. The Morgan fingerprint density at radius 1 is 1.40 bits per heavy atom. The summed E-state index contributed by atoms with van der Waals surface area (Å²) in [5.74, 6) is 0.709. The number of rotatable bonds is 5. The lowest BCUT2D eigenvalue weighted by molar-refractivity contribution is -0.0875. The van der Waals surface area contributed by atoms with Gasteiger partial charge >= 0.3 is 0 Å². The van der Waals surface area contributed by atoms with Crippen molar-refractivity contribution in [2.75, 3.05) is 32.8 Å². The highest BCUT2D eigenvalue weighted by molar-refractivity contribution is 5.96. The fourth-order valence-electron chi connectivity index (χ4n) is 2.47. The van der Waals surface area contributed by atoms with Gasteiger partial charge in [0.25, 0.3) is 0 Å². The average molecular weight is 277 g/mol. The molecule has 4 heteroatoms. The second kappa shape index (κ2) is 6.37. The van der Waals surface area contributed by atoms with E-state index in [0.717, 1.165) is 26.2 Å². The molecule has 0 saturated carbocycles. The zero-order chi connectivity index (χ0) is 14.6. The van der Waals surface area contributed by atoms with Crippen LogP contribution in [0.25, 0.3) is 0 Å². The number of benzene rings is 1. The van der Waals surface area contributed by atoms with Crippen molar-refractivity contribution in [2.45, 2.75) is 26.4 Å². The maximum absolute atomic E-state index is 11.5. The smallest absolute Gasteiger partial charge is 0.163 e. The van der Waals surface area contributed by atoms with E-state index >= 15 is 0 Å². The molecule has 1 saturated heterocycles. The average Bonchev–Trinajstić information content (AvgIpc) is 2.38. The number of carbonyl (C=O) groups is 1. The molecule has 0 N–H and O–H groups in total. The summed E-state index contributed by atoms with van der Waals surface area (Å²) in [6.07, 6.45) is 0. The fraction of sp³-hybridized carbons (Fsp3) is 0.562. The lowest BCUT2D eigenvalue weighted by Crippen LogP contribution is -2.49. The van der Waals surface area contributed by atoms with Crippen LogP contribution in [0.5, 0.6) is 5.75 Å². The van der Waals surface area contributed by atoms with Gasteiger partial charge in [-0.1, -0.05) is 12.1 Å². The Morgan fingerprint density at radius 3 is 2.85 bits per heavy atom. The minimum atomic E-state index is -0.0878. The van der Waals surface area contributed by atoms with Crippen molar-refractivity contribution in [1.82, 2.24) is 4.90 Å². The summed E-state index contributed by atoms with van der Waals surface area (Å²) < 4.78 is 11.4. The number of ether oxygens (including phenoxy) is 2. The number of morpholine rings is 1. The van der Waals surface area contributed by atoms with E-state index in [1.54, 1.807) is 13.0 Å². The molecule has 0 unspecified atom stereocenters. The van der Waals surface area contributed by atoms with Crippen LogP contribution in [0.3, 0.4) is 0 Å². The molecule has 0 bridgehead atoms. The fourth-order valence-corrected chi connectivity index (χ4v) is 2.47. The Hall–Kier alpha value is -1.39. The third-order valence-corrected chi connectivity index (χ3v) is 3.44. The summed E-state index contributed by atoms with van der Waals surface area (Å²) in [7, 11) is 0. The molecule has 0 aliphatic carbocycles. The Bertz CT molecular complexity index is 471. The maximum atomic E-state index is 11.5. The summed E-state index contributed by atoms with van der Waals surface area (Å²) in [5, 5.41) is 0. The van der Waals surface area contributed by atoms with E-state index in [4.69, 9.17) is 9.47 Å². The van der Waals surface area contributed by atoms with Crippen LogP contribution >= 0.6 is 0 Å². The molecule has 1 aromatic carbocycles. The van der Waals surface area contributed by atoms with Gasteiger partial charge in [0.05, 0.1) is 17.8 Å². The largest absolute Gasteiger partial charge is 0.491 e. The lowest BCUT2D eigenvalue weighted by atomic mass is 10.1. The number of hydrogen-bond donors (Lipinski definition) is 0. The molecule has 0 amide bonds. The molecule has 1 aliphatic rings. The summed E-state index contributed by atoms with van der Waals surface area (Å²) in [5.41, 5.74) is 0.560. The van der Waals surface area contributed by atoms with Crippen molar-refractivity contribution in [3.05, 3.63) is 29.8 Å². The highest BCUT2D eigenvalue weighted by atomic mass is 16.5. The monoisotopic (exact) mass is 277 g/mol. The van der Waals surface area contributed by atoms with Crippen LogP contribution in [-0.2, 0) is 4.74 Å². The SMILES string of the molecule is CC(=O)c1ccccc1OCCN1CCOC(C)(C)C1. The van der Waals surface area contributed by atoms with Crippen molar-refractivity contribution in [1.29, 1.82) is 0 Å². The first-order valence-corrected chi connectivity index (χ1v) is 7.07. The van der Waals surface area contributed by atoms with Gasteiger partial charge in [0.15, 0.2) is 5.78 Å². The minimum Gasteiger partial charge on any atom is -0.491 e. The van der Waals surface area contributed by atoms with E-state index in [9.17, 15) is 4.79 Å². The highest BCUT2D eigenvalue weighted by Crippen LogP contribution is 2.19. The van der Waals surface area contributed by atoms with Gasteiger partial charge in [-0.15, -0.1) is 0 Å². The Labute approximate surface area is 120 Å². The molecule has 0 radical (unpaired) electrons. The highest BCUT2D eigenvalue weighted by Gasteiger charge is 2.26. The number of Topliss-reactive ketones (excluding diaryl/α,β-unsaturated/α-hetero) is 1. The predicted molar refractivity (Wildman–Crippen MR) is 78.4 cm³/mol. The lowest BCUT2D eigenvalue weighted by Gasteiger charge is -2.38.